The molecule has 5 rings (SSSR count). The number of azo groups is 2. The van der Waals surface area contributed by atoms with Crippen LogP contribution in [0.15, 0.2) is 118 Å². The van der Waals surface area contributed by atoms with Crippen molar-refractivity contribution in [3.63, 3.8) is 0 Å². The number of nitrogens with two attached hydrogens (primary N) is 2. The van der Waals surface area contributed by atoms with Gasteiger partial charge in [0.05, 0.1) is 22.7 Å². The van der Waals surface area contributed by atoms with Gasteiger partial charge in [0.25, 0.3) is 0 Å². The zero-order valence-corrected chi connectivity index (χ0v) is 19.9. The van der Waals surface area contributed by atoms with E-state index in [1.54, 1.807) is 0 Å². The number of hydrogen-bond acceptors (Lipinski definition) is 8. The second-order valence-electron chi connectivity index (χ2n) is 8.59. The number of benzene rings is 4. The molecule has 8 heteroatoms. The van der Waals surface area contributed by atoms with Crippen molar-refractivity contribution in [2.45, 2.75) is 0 Å². The van der Waals surface area contributed by atoms with Gasteiger partial charge in [-0.1, -0.05) is 0 Å². The smallest absolute Gasteiger partial charge is 0.0858 e. The molecule has 1 saturated heterocycles. The topological polar surface area (TPSA) is 108 Å². The molecule has 0 bridgehead atoms. The Morgan fingerprint density at radius 1 is 0.389 bits per heavy atom. The monoisotopic (exact) mass is 476 g/mol. The molecule has 36 heavy (non-hydrogen) atoms. The summed E-state index contributed by atoms with van der Waals surface area (Å²) in [4.78, 5) is 4.79. The number of anilines is 4. The maximum atomic E-state index is 5.71. The van der Waals surface area contributed by atoms with Gasteiger partial charge < -0.3 is 21.3 Å². The number of nitrogen functional groups attached to an aromatic ring is 2. The van der Waals surface area contributed by atoms with E-state index in [1.807, 2.05) is 72.8 Å². The first kappa shape index (κ1) is 23.0. The lowest BCUT2D eigenvalue weighted by Gasteiger charge is -2.37. The summed E-state index contributed by atoms with van der Waals surface area (Å²) in [5.74, 6) is 0. The Bertz CT molecular complexity index is 1210. The lowest BCUT2D eigenvalue weighted by molar-refractivity contribution is 0.653. The maximum Gasteiger partial charge on any atom is 0.0858 e. The van der Waals surface area contributed by atoms with Crippen LogP contribution in [0.4, 0.5) is 45.5 Å². The van der Waals surface area contributed by atoms with Gasteiger partial charge in [0.1, 0.15) is 0 Å². The van der Waals surface area contributed by atoms with Crippen molar-refractivity contribution in [3.8, 4) is 0 Å². The van der Waals surface area contributed by atoms with Gasteiger partial charge in [0.2, 0.25) is 0 Å². The summed E-state index contributed by atoms with van der Waals surface area (Å²) < 4.78 is 0. The summed E-state index contributed by atoms with van der Waals surface area (Å²) in [7, 11) is 0. The summed E-state index contributed by atoms with van der Waals surface area (Å²) in [6, 6.07) is 31.1. The predicted molar refractivity (Wildman–Crippen MR) is 147 cm³/mol. The number of hydrogen-bond donors (Lipinski definition) is 2. The Hall–Kier alpha value is -4.72. The first-order valence-electron chi connectivity index (χ1n) is 11.9. The Balaban J connectivity index is 1.14. The molecule has 1 fully saturated rings. The van der Waals surface area contributed by atoms with E-state index in [9.17, 15) is 0 Å². The van der Waals surface area contributed by atoms with Crippen LogP contribution in [0.3, 0.4) is 0 Å². The molecule has 0 saturated carbocycles. The van der Waals surface area contributed by atoms with Gasteiger partial charge in [0.15, 0.2) is 0 Å². The van der Waals surface area contributed by atoms with Crippen LogP contribution in [-0.4, -0.2) is 26.2 Å². The molecule has 1 aliphatic rings. The van der Waals surface area contributed by atoms with Gasteiger partial charge in [-0.25, -0.2) is 0 Å². The molecule has 0 atom stereocenters. The van der Waals surface area contributed by atoms with Crippen LogP contribution in [0.1, 0.15) is 0 Å². The molecular formula is C28H28N8. The molecule has 0 unspecified atom stereocenters. The van der Waals surface area contributed by atoms with Crippen LogP contribution in [0, 0.1) is 0 Å². The van der Waals surface area contributed by atoms with E-state index in [1.165, 1.54) is 11.4 Å². The second-order valence-corrected chi connectivity index (χ2v) is 8.59. The molecular weight excluding hydrogens is 448 g/mol. The molecule has 0 spiro atoms. The van der Waals surface area contributed by atoms with Gasteiger partial charge in [-0.15, -0.1) is 0 Å². The summed E-state index contributed by atoms with van der Waals surface area (Å²) >= 11 is 0. The standard InChI is InChI=1S/C28H28N8/c29-21-1-5-23(6-2-21)31-33-25-9-13-27(14-10-25)35-17-19-36(20-18-35)28-15-11-26(12-16-28)34-32-24-7-3-22(30)4-8-24/h1-16H,17-20,29-30H2. The molecule has 0 amide bonds. The normalized spacial score (nSPS) is 14.1. The molecule has 1 aliphatic heterocycles. The zero-order chi connectivity index (χ0) is 24.7. The fourth-order valence-corrected chi connectivity index (χ4v) is 4.00. The Kier molecular flexibility index (Phi) is 6.84. The highest BCUT2D eigenvalue weighted by atomic mass is 15.3. The first-order valence-corrected chi connectivity index (χ1v) is 11.9. The van der Waals surface area contributed by atoms with Crippen molar-refractivity contribution >= 4 is 45.5 Å². The van der Waals surface area contributed by atoms with Crippen molar-refractivity contribution in [1.29, 1.82) is 0 Å². The lowest BCUT2D eigenvalue weighted by Crippen LogP contribution is -2.46. The fourth-order valence-electron chi connectivity index (χ4n) is 4.00. The molecule has 4 aromatic carbocycles. The van der Waals surface area contributed by atoms with Gasteiger partial charge in [-0.05, 0) is 97.1 Å². The molecule has 4 N–H and O–H groups in total. The summed E-state index contributed by atoms with van der Waals surface area (Å²) in [6.45, 7) is 3.80. The molecule has 0 aliphatic carbocycles. The Labute approximate surface area is 210 Å². The van der Waals surface area contributed by atoms with Gasteiger partial charge in [0, 0.05) is 48.9 Å². The highest BCUT2D eigenvalue weighted by Crippen LogP contribution is 2.26. The molecule has 180 valence electrons. The van der Waals surface area contributed by atoms with Crippen molar-refractivity contribution in [3.05, 3.63) is 97.1 Å². The van der Waals surface area contributed by atoms with Crippen LogP contribution >= 0.6 is 0 Å². The fraction of sp³-hybridized carbons (Fsp3) is 0.143. The van der Waals surface area contributed by atoms with Crippen LogP contribution in [0.2, 0.25) is 0 Å². The van der Waals surface area contributed by atoms with E-state index >= 15 is 0 Å². The Morgan fingerprint density at radius 2 is 0.639 bits per heavy atom. The second kappa shape index (κ2) is 10.7. The molecule has 0 radical (unpaired) electrons. The number of rotatable bonds is 6. The highest BCUT2D eigenvalue weighted by molar-refractivity contribution is 5.57. The Morgan fingerprint density at radius 3 is 0.917 bits per heavy atom. The highest BCUT2D eigenvalue weighted by Gasteiger charge is 2.17. The molecule has 0 aromatic heterocycles. The number of piperazine rings is 1. The summed E-state index contributed by atoms with van der Waals surface area (Å²) in [5, 5.41) is 17.2. The SMILES string of the molecule is Nc1ccc(N=Nc2ccc(N3CCN(c4ccc(N=Nc5ccc(N)cc5)cc4)CC3)cc2)cc1. The average molecular weight is 477 g/mol. The van der Waals surface area contributed by atoms with E-state index < -0.39 is 0 Å². The van der Waals surface area contributed by atoms with Crippen LogP contribution < -0.4 is 21.3 Å². The van der Waals surface area contributed by atoms with E-state index in [-0.39, 0.29) is 0 Å². The largest absolute Gasteiger partial charge is 0.399 e. The summed E-state index contributed by atoms with van der Waals surface area (Å²) in [5.41, 5.74) is 18.4. The lowest BCUT2D eigenvalue weighted by atomic mass is 10.2. The van der Waals surface area contributed by atoms with Crippen LogP contribution in [0.25, 0.3) is 0 Å². The van der Waals surface area contributed by atoms with E-state index in [0.717, 1.165) is 48.9 Å². The van der Waals surface area contributed by atoms with Gasteiger partial charge in [-0.2, -0.15) is 20.5 Å². The third kappa shape index (κ3) is 5.85. The van der Waals surface area contributed by atoms with E-state index in [2.05, 4.69) is 54.5 Å². The number of nitrogens with zero attached hydrogens (tertiary/aromatic N) is 6. The van der Waals surface area contributed by atoms with Crippen LogP contribution in [-0.2, 0) is 0 Å². The minimum Gasteiger partial charge on any atom is -0.399 e. The van der Waals surface area contributed by atoms with Crippen molar-refractivity contribution in [1.82, 2.24) is 0 Å². The minimum atomic E-state index is 0.715. The third-order valence-corrected chi connectivity index (χ3v) is 6.06. The molecule has 8 nitrogen and oxygen atoms in total. The maximum absolute atomic E-state index is 5.71. The van der Waals surface area contributed by atoms with Crippen LogP contribution in [0.5, 0.6) is 0 Å². The van der Waals surface area contributed by atoms with Crippen molar-refractivity contribution < 1.29 is 0 Å². The van der Waals surface area contributed by atoms with Crippen molar-refractivity contribution in [2.24, 2.45) is 20.5 Å². The molecule has 1 heterocycles. The van der Waals surface area contributed by atoms with Crippen molar-refractivity contribution in [2.75, 3.05) is 47.4 Å². The average Bonchev–Trinajstić information content (AvgIpc) is 2.93. The third-order valence-electron chi connectivity index (χ3n) is 6.06. The first-order chi connectivity index (χ1) is 17.6. The molecule has 4 aromatic rings. The van der Waals surface area contributed by atoms with Gasteiger partial charge in [-0.3, -0.25) is 0 Å². The zero-order valence-electron chi connectivity index (χ0n) is 19.9. The minimum absolute atomic E-state index is 0.715. The van der Waals surface area contributed by atoms with Gasteiger partial charge >= 0.3 is 0 Å². The predicted octanol–water partition coefficient (Wildman–Crippen LogP) is 7.01. The quantitative estimate of drug-likeness (QED) is 0.230. The van der Waals surface area contributed by atoms with E-state index in [0.29, 0.717) is 11.4 Å². The summed E-state index contributed by atoms with van der Waals surface area (Å²) in [6.07, 6.45) is 0. The van der Waals surface area contributed by atoms with E-state index in [4.69, 9.17) is 11.5 Å².